The molecule has 0 spiro atoms. The second-order valence-corrected chi connectivity index (χ2v) is 4.48. The number of nitrogens with two attached hydrogens (primary N) is 1. The van der Waals surface area contributed by atoms with Crippen LogP contribution in [0.4, 0.5) is 0 Å². The molecule has 0 aliphatic rings. The number of pyridine rings is 1. The number of nitrogens with zero attached hydrogens (tertiary/aromatic N) is 2. The number of rotatable bonds is 2. The van der Waals surface area contributed by atoms with Crippen LogP contribution in [0, 0.1) is 11.3 Å². The van der Waals surface area contributed by atoms with Crippen LogP contribution in [-0.2, 0) is 0 Å². The molecule has 2 aromatic rings. The Morgan fingerprint density at radius 3 is 2.61 bits per heavy atom. The number of hydrogen-bond donors (Lipinski definition) is 1. The molecule has 0 radical (unpaired) electrons. The van der Waals surface area contributed by atoms with Gasteiger partial charge in [-0.1, -0.05) is 40.2 Å². The zero-order chi connectivity index (χ0) is 13.0. The minimum absolute atomic E-state index is 0.426. The molecule has 18 heavy (non-hydrogen) atoms. The number of nitriles is 1. The molecule has 0 bridgehead atoms. The number of halogens is 1. The molecule has 88 valence electrons. The second-order valence-electron chi connectivity index (χ2n) is 3.62. The van der Waals surface area contributed by atoms with E-state index in [1.165, 1.54) is 0 Å². The predicted octanol–water partition coefficient (Wildman–Crippen LogP) is 3.19. The number of hydrogen-bond acceptors (Lipinski definition) is 3. The summed E-state index contributed by atoms with van der Waals surface area (Å²) in [6, 6.07) is 13.3. The minimum Gasteiger partial charge on any atom is -0.397 e. The highest BCUT2D eigenvalue weighted by Gasteiger charge is 2.10. The second kappa shape index (κ2) is 5.48. The van der Waals surface area contributed by atoms with Crippen LogP contribution in [0.2, 0.25) is 0 Å². The Morgan fingerprint density at radius 2 is 2.00 bits per heavy atom. The van der Waals surface area contributed by atoms with E-state index in [0.29, 0.717) is 16.8 Å². The fourth-order valence-corrected chi connectivity index (χ4v) is 2.10. The smallest absolute Gasteiger partial charge is 0.102 e. The monoisotopic (exact) mass is 299 g/mol. The van der Waals surface area contributed by atoms with Gasteiger partial charge >= 0.3 is 0 Å². The van der Waals surface area contributed by atoms with Crippen LogP contribution < -0.4 is 5.73 Å². The van der Waals surface area contributed by atoms with Gasteiger partial charge in [0.15, 0.2) is 0 Å². The van der Waals surface area contributed by atoms with Gasteiger partial charge in [0.1, 0.15) is 6.07 Å². The molecule has 0 amide bonds. The molecule has 1 aromatic heterocycles. The molecular formula is C14H10BrN3. The van der Waals surface area contributed by atoms with Crippen molar-refractivity contribution < 1.29 is 0 Å². The lowest BCUT2D eigenvalue weighted by molar-refractivity contribution is 1.31. The average molecular weight is 300 g/mol. The highest BCUT2D eigenvalue weighted by molar-refractivity contribution is 9.10. The first kappa shape index (κ1) is 12.3. The summed E-state index contributed by atoms with van der Waals surface area (Å²) in [5.74, 6) is 0. The van der Waals surface area contributed by atoms with Gasteiger partial charge in [-0.05, 0) is 12.1 Å². The van der Waals surface area contributed by atoms with Gasteiger partial charge in [-0.2, -0.15) is 5.26 Å². The minimum atomic E-state index is 0.426. The van der Waals surface area contributed by atoms with Crippen molar-refractivity contribution >= 4 is 27.2 Å². The third-order valence-electron chi connectivity index (χ3n) is 2.50. The van der Waals surface area contributed by atoms with Crippen molar-refractivity contribution in [1.82, 2.24) is 4.98 Å². The maximum atomic E-state index is 9.27. The lowest BCUT2D eigenvalue weighted by Crippen LogP contribution is -2.01. The third-order valence-corrected chi connectivity index (χ3v) is 3.19. The van der Waals surface area contributed by atoms with E-state index < -0.39 is 0 Å². The van der Waals surface area contributed by atoms with Gasteiger partial charge in [-0.25, -0.2) is 0 Å². The molecule has 0 saturated carbocycles. The molecule has 2 rings (SSSR count). The van der Waals surface area contributed by atoms with E-state index in [1.807, 2.05) is 30.3 Å². The van der Waals surface area contributed by atoms with E-state index in [0.717, 1.165) is 10.0 Å². The van der Waals surface area contributed by atoms with E-state index in [2.05, 4.69) is 27.0 Å². The summed E-state index contributed by atoms with van der Waals surface area (Å²) in [5, 5.41) is 9.27. The van der Waals surface area contributed by atoms with Crippen molar-refractivity contribution in [3.63, 3.8) is 0 Å². The van der Waals surface area contributed by atoms with Gasteiger partial charge in [-0.15, -0.1) is 0 Å². The van der Waals surface area contributed by atoms with Crippen LogP contribution in [0.25, 0.3) is 11.3 Å². The molecule has 0 fully saturated rings. The van der Waals surface area contributed by atoms with Crippen molar-refractivity contribution in [2.45, 2.75) is 0 Å². The van der Waals surface area contributed by atoms with E-state index in [-0.39, 0.29) is 0 Å². The molecule has 0 atom stereocenters. The summed E-state index contributed by atoms with van der Waals surface area (Å²) < 4.78 is 0.860. The number of benzene rings is 1. The van der Waals surface area contributed by atoms with Crippen molar-refractivity contribution in [3.8, 4) is 6.07 Å². The zero-order valence-electron chi connectivity index (χ0n) is 9.47. The molecule has 0 aliphatic carbocycles. The highest BCUT2D eigenvalue weighted by Crippen LogP contribution is 2.26. The maximum Gasteiger partial charge on any atom is 0.102 e. The Hall–Kier alpha value is -2.12. The van der Waals surface area contributed by atoms with E-state index >= 15 is 0 Å². The standard InChI is InChI=1S/C14H10BrN3/c15-13-6-2-1-5-11(13)14(17)12(8-16)10-4-3-7-18-9-10/h1-7,9H,17H2/b14-12-. The van der Waals surface area contributed by atoms with Gasteiger partial charge in [0.05, 0.1) is 11.3 Å². The molecule has 0 aliphatic heterocycles. The van der Waals surface area contributed by atoms with Crippen molar-refractivity contribution in [2.24, 2.45) is 5.73 Å². The van der Waals surface area contributed by atoms with Crippen LogP contribution in [0.3, 0.4) is 0 Å². The summed E-state index contributed by atoms with van der Waals surface area (Å²) in [5.41, 5.74) is 8.47. The quantitative estimate of drug-likeness (QED) is 0.866. The van der Waals surface area contributed by atoms with E-state index in [9.17, 15) is 5.26 Å². The third kappa shape index (κ3) is 2.41. The van der Waals surface area contributed by atoms with Crippen LogP contribution in [0.15, 0.2) is 53.3 Å². The Labute approximate surface area is 114 Å². The summed E-state index contributed by atoms with van der Waals surface area (Å²) in [7, 11) is 0. The number of aromatic nitrogens is 1. The lowest BCUT2D eigenvalue weighted by Gasteiger charge is -2.07. The van der Waals surface area contributed by atoms with E-state index in [4.69, 9.17) is 5.73 Å². The fraction of sp³-hybridized carbons (Fsp3) is 0. The average Bonchev–Trinajstić information content (AvgIpc) is 2.41. The summed E-state index contributed by atoms with van der Waals surface area (Å²) >= 11 is 3.43. The maximum absolute atomic E-state index is 9.27. The first-order valence-corrected chi connectivity index (χ1v) is 6.08. The molecular weight excluding hydrogens is 290 g/mol. The molecule has 1 aromatic carbocycles. The Balaban J connectivity index is 2.59. The largest absolute Gasteiger partial charge is 0.397 e. The Morgan fingerprint density at radius 1 is 1.22 bits per heavy atom. The van der Waals surface area contributed by atoms with Gasteiger partial charge in [0, 0.05) is 28.0 Å². The predicted molar refractivity (Wildman–Crippen MR) is 75.0 cm³/mol. The van der Waals surface area contributed by atoms with Crippen LogP contribution in [0.1, 0.15) is 11.1 Å². The summed E-state index contributed by atoms with van der Waals surface area (Å²) in [4.78, 5) is 4.00. The van der Waals surface area contributed by atoms with Crippen molar-refractivity contribution in [1.29, 1.82) is 5.26 Å². The highest BCUT2D eigenvalue weighted by atomic mass is 79.9. The van der Waals surface area contributed by atoms with Crippen LogP contribution >= 0.6 is 15.9 Å². The first-order chi connectivity index (χ1) is 8.74. The molecule has 0 saturated heterocycles. The van der Waals surface area contributed by atoms with E-state index in [1.54, 1.807) is 18.5 Å². The molecule has 1 heterocycles. The zero-order valence-corrected chi connectivity index (χ0v) is 11.1. The first-order valence-electron chi connectivity index (χ1n) is 5.29. The normalized spacial score (nSPS) is 11.6. The topological polar surface area (TPSA) is 62.7 Å². The van der Waals surface area contributed by atoms with Crippen LogP contribution in [-0.4, -0.2) is 4.98 Å². The van der Waals surface area contributed by atoms with Gasteiger partial charge < -0.3 is 5.73 Å². The summed E-state index contributed by atoms with van der Waals surface area (Å²) in [6.45, 7) is 0. The van der Waals surface area contributed by atoms with Crippen molar-refractivity contribution in [2.75, 3.05) is 0 Å². The number of allylic oxidation sites excluding steroid dienone is 1. The SMILES string of the molecule is N#C/C(=C(/N)c1ccccc1Br)c1cccnc1. The fourth-order valence-electron chi connectivity index (χ4n) is 1.61. The lowest BCUT2D eigenvalue weighted by atomic mass is 10.0. The molecule has 4 heteroatoms. The Kier molecular flexibility index (Phi) is 3.75. The summed E-state index contributed by atoms with van der Waals surface area (Å²) in [6.07, 6.45) is 3.29. The Bertz CT molecular complexity index is 627. The van der Waals surface area contributed by atoms with Crippen molar-refractivity contribution in [3.05, 3.63) is 64.4 Å². The molecule has 0 unspecified atom stereocenters. The van der Waals surface area contributed by atoms with Crippen LogP contribution in [0.5, 0.6) is 0 Å². The van der Waals surface area contributed by atoms with Gasteiger partial charge in [0.25, 0.3) is 0 Å². The van der Waals surface area contributed by atoms with Gasteiger partial charge in [-0.3, -0.25) is 4.98 Å². The van der Waals surface area contributed by atoms with Gasteiger partial charge in [0.2, 0.25) is 0 Å². The molecule has 2 N–H and O–H groups in total. The molecule has 3 nitrogen and oxygen atoms in total.